The van der Waals surface area contributed by atoms with Crippen LogP contribution >= 0.6 is 11.6 Å². The number of ether oxygens (including phenoxy) is 1. The van der Waals surface area contributed by atoms with E-state index in [0.717, 1.165) is 18.3 Å². The minimum absolute atomic E-state index is 0.0172. The average molecular weight is 456 g/mol. The first kappa shape index (κ1) is 22.1. The van der Waals surface area contributed by atoms with E-state index in [1.165, 1.54) is 17.0 Å². The normalized spacial score (nSPS) is 11.0. The zero-order valence-electron chi connectivity index (χ0n) is 15.7. The van der Waals surface area contributed by atoms with Gasteiger partial charge in [0.2, 0.25) is 5.28 Å². The van der Waals surface area contributed by atoms with Gasteiger partial charge in [-0.05, 0) is 60.1 Å². The standard InChI is InChI=1S/C19H14ClF4N5O2/c1-29(16-15(21)10-25-17(20)28-16)13-6-2-11(3-7-13)26-18(30)27-12-4-8-14(9-5-12)31-19(22,23)24/h2-10H,1H3,(H2,26,27,30). The van der Waals surface area contributed by atoms with Gasteiger partial charge in [0.1, 0.15) is 5.75 Å². The van der Waals surface area contributed by atoms with Crippen LogP contribution in [-0.4, -0.2) is 29.4 Å². The second kappa shape index (κ2) is 9.04. The Morgan fingerprint density at radius 1 is 1.03 bits per heavy atom. The van der Waals surface area contributed by atoms with Gasteiger partial charge in [0, 0.05) is 24.1 Å². The number of alkyl halides is 3. The van der Waals surface area contributed by atoms with Crippen LogP contribution in [0, 0.1) is 5.82 Å². The highest BCUT2D eigenvalue weighted by Crippen LogP contribution is 2.27. The molecule has 1 aromatic heterocycles. The molecule has 0 radical (unpaired) electrons. The maximum absolute atomic E-state index is 13.9. The molecule has 1 heterocycles. The topological polar surface area (TPSA) is 79.4 Å². The molecule has 0 spiro atoms. The third kappa shape index (κ3) is 6.19. The Morgan fingerprint density at radius 3 is 2.13 bits per heavy atom. The van der Waals surface area contributed by atoms with E-state index in [-0.39, 0.29) is 16.8 Å². The van der Waals surface area contributed by atoms with Gasteiger partial charge in [-0.2, -0.15) is 4.98 Å². The van der Waals surface area contributed by atoms with Crippen molar-refractivity contribution >= 4 is 40.5 Å². The van der Waals surface area contributed by atoms with Gasteiger partial charge >= 0.3 is 12.4 Å². The van der Waals surface area contributed by atoms with E-state index in [2.05, 4.69) is 25.3 Å². The van der Waals surface area contributed by atoms with Crippen LogP contribution in [0.4, 0.5) is 45.2 Å². The van der Waals surface area contributed by atoms with Crippen LogP contribution in [0.1, 0.15) is 0 Å². The highest BCUT2D eigenvalue weighted by molar-refractivity contribution is 6.28. The van der Waals surface area contributed by atoms with E-state index in [1.54, 1.807) is 31.3 Å². The number of anilines is 4. The molecule has 0 aliphatic carbocycles. The summed E-state index contributed by atoms with van der Waals surface area (Å²) in [6, 6.07) is 10.5. The highest BCUT2D eigenvalue weighted by atomic mass is 35.5. The summed E-state index contributed by atoms with van der Waals surface area (Å²) >= 11 is 5.71. The SMILES string of the molecule is CN(c1ccc(NC(=O)Nc2ccc(OC(F)(F)F)cc2)cc1)c1nc(Cl)ncc1F. The van der Waals surface area contributed by atoms with Crippen molar-refractivity contribution in [1.29, 1.82) is 0 Å². The summed E-state index contributed by atoms with van der Waals surface area (Å²) < 4.78 is 54.2. The van der Waals surface area contributed by atoms with E-state index in [1.807, 2.05) is 0 Å². The summed E-state index contributed by atoms with van der Waals surface area (Å²) in [6.45, 7) is 0. The number of aromatic nitrogens is 2. The number of rotatable bonds is 5. The highest BCUT2D eigenvalue weighted by Gasteiger charge is 2.30. The molecule has 0 saturated carbocycles. The van der Waals surface area contributed by atoms with Crippen LogP contribution in [0.2, 0.25) is 5.28 Å². The Labute approximate surface area is 178 Å². The largest absolute Gasteiger partial charge is 0.573 e. The molecule has 2 aromatic carbocycles. The number of hydrogen-bond acceptors (Lipinski definition) is 5. The summed E-state index contributed by atoms with van der Waals surface area (Å²) in [5.41, 5.74) is 1.26. The number of urea groups is 1. The molecule has 0 fully saturated rings. The van der Waals surface area contributed by atoms with Crippen molar-refractivity contribution in [2.24, 2.45) is 0 Å². The number of halogens is 5. The molecule has 31 heavy (non-hydrogen) atoms. The molecular formula is C19H14ClF4N5O2. The first-order valence-corrected chi connectivity index (χ1v) is 8.94. The van der Waals surface area contributed by atoms with Gasteiger partial charge in [-0.3, -0.25) is 0 Å². The molecule has 0 aliphatic rings. The number of benzene rings is 2. The number of hydrogen-bond donors (Lipinski definition) is 2. The number of carbonyl (C=O) groups is 1. The molecule has 12 heteroatoms. The van der Waals surface area contributed by atoms with Crippen LogP contribution in [0.25, 0.3) is 0 Å². The second-order valence-electron chi connectivity index (χ2n) is 6.07. The van der Waals surface area contributed by atoms with Gasteiger partial charge in [0.25, 0.3) is 0 Å². The van der Waals surface area contributed by atoms with Gasteiger partial charge in [-0.25, -0.2) is 14.2 Å². The summed E-state index contributed by atoms with van der Waals surface area (Å²) in [5.74, 6) is -1.07. The first-order chi connectivity index (χ1) is 14.6. The summed E-state index contributed by atoms with van der Waals surface area (Å²) in [6.07, 6.45) is -3.83. The number of carbonyl (C=O) groups excluding carboxylic acids is 1. The molecule has 7 nitrogen and oxygen atoms in total. The zero-order valence-corrected chi connectivity index (χ0v) is 16.5. The maximum Gasteiger partial charge on any atom is 0.573 e. The Bertz CT molecular complexity index is 1060. The van der Waals surface area contributed by atoms with Crippen molar-refractivity contribution in [2.75, 3.05) is 22.6 Å². The molecule has 0 aliphatic heterocycles. The van der Waals surface area contributed by atoms with Crippen LogP contribution in [0.5, 0.6) is 5.75 Å². The van der Waals surface area contributed by atoms with E-state index >= 15 is 0 Å². The van der Waals surface area contributed by atoms with Gasteiger partial charge in [-0.1, -0.05) is 0 Å². The van der Waals surface area contributed by atoms with Crippen molar-refractivity contribution in [3.05, 3.63) is 65.8 Å². The number of amides is 2. The maximum atomic E-state index is 13.9. The summed E-state index contributed by atoms with van der Waals surface area (Å²) in [5, 5.41) is 4.95. The van der Waals surface area contributed by atoms with Crippen LogP contribution in [0.3, 0.4) is 0 Å². The monoisotopic (exact) mass is 455 g/mol. The second-order valence-corrected chi connectivity index (χ2v) is 6.41. The molecule has 162 valence electrons. The molecule has 0 atom stereocenters. The van der Waals surface area contributed by atoms with Crippen molar-refractivity contribution < 1.29 is 27.1 Å². The fourth-order valence-corrected chi connectivity index (χ4v) is 2.63. The molecule has 3 rings (SSSR count). The Hall–Kier alpha value is -3.60. The van der Waals surface area contributed by atoms with E-state index < -0.39 is 24.0 Å². The zero-order chi connectivity index (χ0) is 22.6. The fraction of sp³-hybridized carbons (Fsp3) is 0.105. The molecule has 2 N–H and O–H groups in total. The van der Waals surface area contributed by atoms with Crippen LogP contribution in [0.15, 0.2) is 54.7 Å². The molecule has 2 amide bonds. The minimum Gasteiger partial charge on any atom is -0.406 e. The summed E-state index contributed by atoms with van der Waals surface area (Å²) in [7, 11) is 1.59. The molecular weight excluding hydrogens is 442 g/mol. The third-order valence-electron chi connectivity index (χ3n) is 3.87. The van der Waals surface area contributed by atoms with E-state index in [0.29, 0.717) is 11.4 Å². The van der Waals surface area contributed by atoms with Gasteiger partial charge < -0.3 is 20.3 Å². The van der Waals surface area contributed by atoms with Crippen molar-refractivity contribution in [1.82, 2.24) is 9.97 Å². The Morgan fingerprint density at radius 2 is 1.58 bits per heavy atom. The average Bonchev–Trinajstić information content (AvgIpc) is 2.70. The molecule has 0 bridgehead atoms. The first-order valence-electron chi connectivity index (χ1n) is 8.56. The van der Waals surface area contributed by atoms with Crippen molar-refractivity contribution in [3.63, 3.8) is 0 Å². The number of nitrogens with zero attached hydrogens (tertiary/aromatic N) is 3. The van der Waals surface area contributed by atoms with E-state index in [9.17, 15) is 22.4 Å². The lowest BCUT2D eigenvalue weighted by atomic mass is 10.2. The lowest BCUT2D eigenvalue weighted by Gasteiger charge is -2.19. The molecule has 0 saturated heterocycles. The Kier molecular flexibility index (Phi) is 6.44. The predicted octanol–water partition coefficient (Wildman–Crippen LogP) is 5.58. The van der Waals surface area contributed by atoms with Crippen molar-refractivity contribution in [2.45, 2.75) is 6.36 Å². The summed E-state index contributed by atoms with van der Waals surface area (Å²) in [4.78, 5) is 21.0. The minimum atomic E-state index is -4.79. The van der Waals surface area contributed by atoms with Gasteiger partial charge in [-0.15, -0.1) is 13.2 Å². The van der Waals surface area contributed by atoms with Crippen LogP contribution in [-0.2, 0) is 0 Å². The fourth-order valence-electron chi connectivity index (χ4n) is 2.50. The third-order valence-corrected chi connectivity index (χ3v) is 4.05. The lowest BCUT2D eigenvalue weighted by Crippen LogP contribution is -2.20. The van der Waals surface area contributed by atoms with Gasteiger partial charge in [0.15, 0.2) is 11.6 Å². The van der Waals surface area contributed by atoms with E-state index in [4.69, 9.17) is 11.6 Å². The number of nitrogens with one attached hydrogen (secondary N) is 2. The Balaban J connectivity index is 1.60. The quantitative estimate of drug-likeness (QED) is 0.388. The molecule has 3 aromatic rings. The predicted molar refractivity (Wildman–Crippen MR) is 107 cm³/mol. The van der Waals surface area contributed by atoms with Crippen LogP contribution < -0.4 is 20.3 Å². The van der Waals surface area contributed by atoms with Crippen molar-refractivity contribution in [3.8, 4) is 5.75 Å². The molecule has 0 unspecified atom stereocenters. The lowest BCUT2D eigenvalue weighted by molar-refractivity contribution is -0.274. The smallest absolute Gasteiger partial charge is 0.406 e. The van der Waals surface area contributed by atoms with Gasteiger partial charge in [0.05, 0.1) is 6.20 Å².